The Morgan fingerprint density at radius 2 is 2.62 bits per heavy atom. The van der Waals surface area contributed by atoms with Gasteiger partial charge in [0, 0.05) is 6.42 Å². The average Bonchev–Trinajstić information content (AvgIpc) is 2.48. The van der Waals surface area contributed by atoms with Gasteiger partial charge in [-0.3, -0.25) is 4.79 Å². The van der Waals surface area contributed by atoms with Crippen molar-refractivity contribution in [2.75, 3.05) is 0 Å². The van der Waals surface area contributed by atoms with Crippen LogP contribution >= 0.6 is 0 Å². The molecule has 3 nitrogen and oxygen atoms in total. The molecule has 1 fully saturated rings. The SMILES string of the molecule is N#CC1CC1OC=O. The maximum absolute atomic E-state index is 9.59. The topological polar surface area (TPSA) is 50.1 Å². The second-order valence-electron chi connectivity index (χ2n) is 1.74. The van der Waals surface area contributed by atoms with Crippen molar-refractivity contribution in [3.63, 3.8) is 0 Å². The molecule has 3 heteroatoms. The molecular formula is C5H5NO2. The lowest BCUT2D eigenvalue weighted by molar-refractivity contribution is -0.130. The van der Waals surface area contributed by atoms with E-state index in [1.54, 1.807) is 0 Å². The maximum atomic E-state index is 9.59. The van der Waals surface area contributed by atoms with Gasteiger partial charge in [0.05, 0.1) is 12.0 Å². The molecule has 2 unspecified atom stereocenters. The summed E-state index contributed by atoms with van der Waals surface area (Å²) in [6.45, 7) is 0.391. The van der Waals surface area contributed by atoms with E-state index in [1.165, 1.54) is 0 Å². The van der Waals surface area contributed by atoms with Crippen LogP contribution in [0.1, 0.15) is 6.42 Å². The Balaban J connectivity index is 2.19. The molecule has 1 aliphatic carbocycles. The highest BCUT2D eigenvalue weighted by molar-refractivity contribution is 5.38. The van der Waals surface area contributed by atoms with Crippen molar-refractivity contribution in [3.8, 4) is 6.07 Å². The van der Waals surface area contributed by atoms with Gasteiger partial charge in [0.2, 0.25) is 0 Å². The van der Waals surface area contributed by atoms with Gasteiger partial charge in [0.1, 0.15) is 6.10 Å². The van der Waals surface area contributed by atoms with Crippen molar-refractivity contribution in [1.29, 1.82) is 5.26 Å². The molecule has 8 heavy (non-hydrogen) atoms. The molecule has 2 atom stereocenters. The Hall–Kier alpha value is -1.04. The second-order valence-corrected chi connectivity index (χ2v) is 1.74. The summed E-state index contributed by atoms with van der Waals surface area (Å²) < 4.78 is 4.45. The molecule has 0 heterocycles. The largest absolute Gasteiger partial charge is 0.463 e. The molecule has 0 saturated heterocycles. The first-order valence-corrected chi connectivity index (χ1v) is 2.37. The van der Waals surface area contributed by atoms with Gasteiger partial charge >= 0.3 is 0 Å². The summed E-state index contributed by atoms with van der Waals surface area (Å²) >= 11 is 0. The van der Waals surface area contributed by atoms with Crippen molar-refractivity contribution >= 4 is 6.47 Å². The second kappa shape index (κ2) is 1.83. The zero-order valence-electron chi connectivity index (χ0n) is 4.20. The summed E-state index contributed by atoms with van der Waals surface area (Å²) in [7, 11) is 0. The van der Waals surface area contributed by atoms with Crippen molar-refractivity contribution in [3.05, 3.63) is 0 Å². The fraction of sp³-hybridized carbons (Fsp3) is 0.600. The van der Waals surface area contributed by atoms with E-state index in [-0.39, 0.29) is 12.0 Å². The maximum Gasteiger partial charge on any atom is 0.293 e. The van der Waals surface area contributed by atoms with Crippen LogP contribution in [0.4, 0.5) is 0 Å². The minimum Gasteiger partial charge on any atom is -0.463 e. The van der Waals surface area contributed by atoms with E-state index in [9.17, 15) is 4.79 Å². The van der Waals surface area contributed by atoms with Gasteiger partial charge in [-0.15, -0.1) is 0 Å². The first kappa shape index (κ1) is 5.10. The monoisotopic (exact) mass is 111 g/mol. The highest BCUT2D eigenvalue weighted by atomic mass is 16.5. The molecule has 42 valence electrons. The van der Waals surface area contributed by atoms with Crippen LogP contribution < -0.4 is 0 Å². The van der Waals surface area contributed by atoms with Gasteiger partial charge in [0.25, 0.3) is 6.47 Å². The molecule has 0 aliphatic heterocycles. The third kappa shape index (κ3) is 0.784. The third-order valence-corrected chi connectivity index (χ3v) is 1.13. The summed E-state index contributed by atoms with van der Waals surface area (Å²) in [5, 5.41) is 8.16. The summed E-state index contributed by atoms with van der Waals surface area (Å²) in [4.78, 5) is 9.59. The van der Waals surface area contributed by atoms with E-state index in [2.05, 4.69) is 4.74 Å². The smallest absolute Gasteiger partial charge is 0.293 e. The van der Waals surface area contributed by atoms with E-state index in [0.29, 0.717) is 6.47 Å². The Labute approximate surface area is 46.9 Å². The average molecular weight is 111 g/mol. The van der Waals surface area contributed by atoms with E-state index >= 15 is 0 Å². The molecule has 0 aromatic heterocycles. The molecule has 0 aromatic carbocycles. The lowest BCUT2D eigenvalue weighted by Crippen LogP contribution is -1.91. The number of hydrogen-bond acceptors (Lipinski definition) is 3. The molecule has 0 spiro atoms. The number of carbonyl (C=O) groups excluding carboxylic acids is 1. The number of rotatable bonds is 2. The Kier molecular flexibility index (Phi) is 1.17. The quantitative estimate of drug-likeness (QED) is 0.474. The highest BCUT2D eigenvalue weighted by Gasteiger charge is 2.39. The van der Waals surface area contributed by atoms with E-state index in [0.717, 1.165) is 6.42 Å². The molecule has 1 saturated carbocycles. The molecule has 1 aliphatic rings. The number of nitriles is 1. The minimum absolute atomic E-state index is 0.0276. The minimum atomic E-state index is -0.0995. The van der Waals surface area contributed by atoms with Crippen LogP contribution in [0.25, 0.3) is 0 Å². The van der Waals surface area contributed by atoms with Crippen LogP contribution in [0.15, 0.2) is 0 Å². The lowest BCUT2D eigenvalue weighted by atomic mass is 10.5. The molecule has 0 bridgehead atoms. The van der Waals surface area contributed by atoms with Crippen molar-refractivity contribution in [2.45, 2.75) is 12.5 Å². The van der Waals surface area contributed by atoms with E-state index in [4.69, 9.17) is 5.26 Å². The predicted octanol–water partition coefficient (Wildman–Crippen LogP) is 0.0715. The Bertz CT molecular complexity index is 138. The van der Waals surface area contributed by atoms with Gasteiger partial charge in [0.15, 0.2) is 0 Å². The van der Waals surface area contributed by atoms with Crippen LogP contribution in [-0.4, -0.2) is 12.6 Å². The normalized spacial score (nSPS) is 32.9. The lowest BCUT2D eigenvalue weighted by Gasteiger charge is -1.86. The van der Waals surface area contributed by atoms with Gasteiger partial charge in [-0.2, -0.15) is 5.26 Å². The highest BCUT2D eigenvalue weighted by Crippen LogP contribution is 2.31. The predicted molar refractivity (Wildman–Crippen MR) is 24.7 cm³/mol. The molecular weight excluding hydrogens is 106 g/mol. The molecule has 0 N–H and O–H groups in total. The zero-order chi connectivity index (χ0) is 5.98. The van der Waals surface area contributed by atoms with Crippen molar-refractivity contribution < 1.29 is 9.53 Å². The Morgan fingerprint density at radius 3 is 3.00 bits per heavy atom. The van der Waals surface area contributed by atoms with Gasteiger partial charge in [-0.25, -0.2) is 0 Å². The summed E-state index contributed by atoms with van der Waals surface area (Å²) in [5.41, 5.74) is 0. The van der Waals surface area contributed by atoms with Gasteiger partial charge in [-0.05, 0) is 0 Å². The van der Waals surface area contributed by atoms with Crippen LogP contribution in [0.5, 0.6) is 0 Å². The first-order chi connectivity index (χ1) is 3.88. The van der Waals surface area contributed by atoms with Crippen LogP contribution in [0.2, 0.25) is 0 Å². The van der Waals surface area contributed by atoms with E-state index < -0.39 is 0 Å². The number of ether oxygens (including phenoxy) is 1. The summed E-state index contributed by atoms with van der Waals surface area (Å²) in [5.74, 6) is -0.0276. The van der Waals surface area contributed by atoms with Crippen LogP contribution in [0, 0.1) is 17.2 Å². The third-order valence-electron chi connectivity index (χ3n) is 1.13. The van der Waals surface area contributed by atoms with Crippen LogP contribution in [-0.2, 0) is 9.53 Å². The summed E-state index contributed by atoms with van der Waals surface area (Å²) in [6.07, 6.45) is 0.618. The van der Waals surface area contributed by atoms with Gasteiger partial charge < -0.3 is 4.74 Å². The molecule has 0 aromatic rings. The van der Waals surface area contributed by atoms with Crippen LogP contribution in [0.3, 0.4) is 0 Å². The van der Waals surface area contributed by atoms with Gasteiger partial charge in [-0.1, -0.05) is 0 Å². The fourth-order valence-electron chi connectivity index (χ4n) is 0.529. The summed E-state index contributed by atoms with van der Waals surface area (Å²) in [6, 6.07) is 1.99. The number of carbonyl (C=O) groups is 1. The van der Waals surface area contributed by atoms with Crippen molar-refractivity contribution in [2.24, 2.45) is 5.92 Å². The van der Waals surface area contributed by atoms with E-state index in [1.807, 2.05) is 6.07 Å². The molecule has 1 rings (SSSR count). The number of hydrogen-bond donors (Lipinski definition) is 0. The molecule has 0 amide bonds. The number of nitrogens with zero attached hydrogens (tertiary/aromatic N) is 1. The fourth-order valence-corrected chi connectivity index (χ4v) is 0.529. The van der Waals surface area contributed by atoms with Crippen molar-refractivity contribution in [1.82, 2.24) is 0 Å². The Morgan fingerprint density at radius 1 is 1.88 bits per heavy atom. The standard InChI is InChI=1S/C5H5NO2/c6-2-4-1-5(4)8-3-7/h3-5H,1H2. The first-order valence-electron chi connectivity index (χ1n) is 2.37. The molecule has 0 radical (unpaired) electrons. The zero-order valence-corrected chi connectivity index (χ0v) is 4.20.